The number of phenolic OH excluding ortho intramolecular Hbond substituents is 1. The highest BCUT2D eigenvalue weighted by atomic mass is 35.5. The first-order chi connectivity index (χ1) is 21.4. The van der Waals surface area contributed by atoms with Crippen LogP contribution in [0.3, 0.4) is 0 Å². The van der Waals surface area contributed by atoms with Crippen molar-refractivity contribution in [1.82, 2.24) is 10.2 Å². The molecule has 8 nitrogen and oxygen atoms in total. The van der Waals surface area contributed by atoms with Gasteiger partial charge in [0, 0.05) is 12.6 Å². The fourth-order valence-electron chi connectivity index (χ4n) is 6.05. The zero-order chi connectivity index (χ0) is 30.6. The van der Waals surface area contributed by atoms with Crippen molar-refractivity contribution in [2.24, 2.45) is 0 Å². The quantitative estimate of drug-likeness (QED) is 0.166. The van der Waals surface area contributed by atoms with Gasteiger partial charge in [-0.2, -0.15) is 0 Å². The SMILES string of the molecule is COc1cc(-c2ccc3c(c2)Nc2ccc(C(CCNC(=O)c4ccccc4O)N4CCCCC4)cc2NC3=O)ccc1Cl. The van der Waals surface area contributed by atoms with E-state index in [4.69, 9.17) is 16.3 Å². The van der Waals surface area contributed by atoms with Crippen LogP contribution in [0, 0.1) is 0 Å². The largest absolute Gasteiger partial charge is 0.507 e. The van der Waals surface area contributed by atoms with Crippen LogP contribution in [-0.2, 0) is 0 Å². The Morgan fingerprint density at radius 2 is 1.70 bits per heavy atom. The summed E-state index contributed by atoms with van der Waals surface area (Å²) in [5.74, 6) is 0.0671. The van der Waals surface area contributed by atoms with E-state index in [-0.39, 0.29) is 29.2 Å². The highest BCUT2D eigenvalue weighted by Gasteiger charge is 2.26. The fraction of sp³-hybridized carbons (Fsp3) is 0.257. The number of nitrogens with zero attached hydrogens (tertiary/aromatic N) is 1. The summed E-state index contributed by atoms with van der Waals surface area (Å²) < 4.78 is 5.39. The maximum Gasteiger partial charge on any atom is 0.257 e. The lowest BCUT2D eigenvalue weighted by Gasteiger charge is -2.35. The minimum absolute atomic E-state index is 0.0346. The molecule has 1 unspecified atom stereocenters. The summed E-state index contributed by atoms with van der Waals surface area (Å²) in [6.45, 7) is 2.40. The predicted molar refractivity (Wildman–Crippen MR) is 174 cm³/mol. The lowest BCUT2D eigenvalue weighted by atomic mass is 9.97. The zero-order valence-corrected chi connectivity index (χ0v) is 25.3. The number of halogens is 1. The number of hydrogen-bond acceptors (Lipinski definition) is 6. The highest BCUT2D eigenvalue weighted by molar-refractivity contribution is 6.32. The molecule has 2 heterocycles. The molecule has 0 radical (unpaired) electrons. The van der Waals surface area contributed by atoms with Crippen LogP contribution in [-0.4, -0.2) is 48.6 Å². The number of anilines is 3. The average Bonchev–Trinajstić information content (AvgIpc) is 3.18. The highest BCUT2D eigenvalue weighted by Crippen LogP contribution is 2.39. The number of fused-ring (bicyclic) bond motifs is 2. The minimum atomic E-state index is -0.298. The van der Waals surface area contributed by atoms with Gasteiger partial charge in [0.05, 0.1) is 40.3 Å². The van der Waals surface area contributed by atoms with Gasteiger partial charge in [-0.15, -0.1) is 0 Å². The van der Waals surface area contributed by atoms with Crippen LogP contribution < -0.4 is 20.7 Å². The van der Waals surface area contributed by atoms with Gasteiger partial charge in [0.15, 0.2) is 0 Å². The molecule has 4 aromatic carbocycles. The Balaban J connectivity index is 1.24. The molecule has 1 atom stereocenters. The van der Waals surface area contributed by atoms with Crippen molar-refractivity contribution in [1.29, 1.82) is 0 Å². The van der Waals surface area contributed by atoms with E-state index in [1.165, 1.54) is 12.5 Å². The fourth-order valence-corrected chi connectivity index (χ4v) is 6.25. The molecule has 2 amide bonds. The van der Waals surface area contributed by atoms with E-state index in [9.17, 15) is 14.7 Å². The monoisotopic (exact) mass is 610 g/mol. The van der Waals surface area contributed by atoms with Crippen molar-refractivity contribution in [3.8, 4) is 22.6 Å². The number of nitrogens with one attached hydrogen (secondary N) is 3. The number of rotatable bonds is 8. The Hall–Kier alpha value is -4.53. The maximum absolute atomic E-state index is 13.4. The zero-order valence-electron chi connectivity index (χ0n) is 24.5. The standard InChI is InChI=1S/C35H35ClN4O4/c1-44-33-21-23(10-13-27(33)36)22-9-12-25-29(19-22)38-28-14-11-24(20-30(28)39-35(25)43)31(40-17-5-2-6-18-40)15-16-37-34(42)26-7-3-4-8-32(26)41/h3-4,7-14,19-21,31,38,41H,2,5-6,15-18H2,1H3,(H,37,42)(H,39,43). The lowest BCUT2D eigenvalue weighted by molar-refractivity contribution is 0.0940. The van der Waals surface area contributed by atoms with Gasteiger partial charge >= 0.3 is 0 Å². The third-order valence-corrected chi connectivity index (χ3v) is 8.69. The Bertz CT molecular complexity index is 1700. The van der Waals surface area contributed by atoms with E-state index in [1.807, 2.05) is 42.5 Å². The van der Waals surface area contributed by atoms with Crippen molar-refractivity contribution in [3.63, 3.8) is 0 Å². The number of carbonyl (C=O) groups is 2. The molecule has 0 aliphatic carbocycles. The van der Waals surface area contributed by atoms with Gasteiger partial charge in [0.2, 0.25) is 0 Å². The first-order valence-electron chi connectivity index (χ1n) is 14.9. The number of aromatic hydroxyl groups is 1. The van der Waals surface area contributed by atoms with E-state index in [2.05, 4.69) is 26.9 Å². The molecule has 1 saturated heterocycles. The molecule has 1 fully saturated rings. The summed E-state index contributed by atoms with van der Waals surface area (Å²) in [6.07, 6.45) is 4.15. The molecule has 226 valence electrons. The summed E-state index contributed by atoms with van der Waals surface area (Å²) in [5, 5.41) is 20.2. The molecule has 44 heavy (non-hydrogen) atoms. The van der Waals surface area contributed by atoms with Crippen LogP contribution >= 0.6 is 11.6 Å². The van der Waals surface area contributed by atoms with Crippen molar-refractivity contribution < 1.29 is 19.4 Å². The summed E-state index contributed by atoms with van der Waals surface area (Å²) in [5.41, 5.74) is 5.95. The van der Waals surface area contributed by atoms with Crippen LogP contribution in [0.15, 0.2) is 78.9 Å². The third-order valence-electron chi connectivity index (χ3n) is 8.38. The molecule has 0 bridgehead atoms. The second-order valence-corrected chi connectivity index (χ2v) is 11.6. The van der Waals surface area contributed by atoms with Gasteiger partial charge in [0.25, 0.3) is 11.8 Å². The number of phenols is 1. The average molecular weight is 611 g/mol. The van der Waals surface area contributed by atoms with E-state index in [0.717, 1.165) is 48.3 Å². The van der Waals surface area contributed by atoms with E-state index >= 15 is 0 Å². The van der Waals surface area contributed by atoms with E-state index < -0.39 is 0 Å². The molecule has 2 aliphatic heterocycles. The maximum atomic E-state index is 13.4. The molecule has 0 spiro atoms. The van der Waals surface area contributed by atoms with Gasteiger partial charge in [-0.3, -0.25) is 14.5 Å². The van der Waals surface area contributed by atoms with Gasteiger partial charge in [-0.25, -0.2) is 0 Å². The molecule has 9 heteroatoms. The lowest BCUT2D eigenvalue weighted by Crippen LogP contribution is -2.36. The first-order valence-corrected chi connectivity index (χ1v) is 15.3. The topological polar surface area (TPSA) is 103 Å². The normalized spacial score (nSPS) is 15.2. The van der Waals surface area contributed by atoms with Crippen LogP contribution in [0.1, 0.15) is 58.0 Å². The Kier molecular flexibility index (Phi) is 8.72. The summed E-state index contributed by atoms with van der Waals surface area (Å²) >= 11 is 6.23. The number of carbonyl (C=O) groups excluding carboxylic acids is 2. The second-order valence-electron chi connectivity index (χ2n) is 11.2. The van der Waals surface area contributed by atoms with Gasteiger partial charge < -0.3 is 25.8 Å². The molecule has 0 aromatic heterocycles. The second kappa shape index (κ2) is 13.0. The minimum Gasteiger partial charge on any atom is -0.507 e. The van der Waals surface area contributed by atoms with Crippen molar-refractivity contribution in [3.05, 3.63) is 101 Å². The third kappa shape index (κ3) is 6.23. The molecule has 6 rings (SSSR count). The molecule has 0 saturated carbocycles. The predicted octanol–water partition coefficient (Wildman–Crippen LogP) is 7.38. The number of amides is 2. The number of hydrogen-bond donors (Lipinski definition) is 4. The van der Waals surface area contributed by atoms with Crippen LogP contribution in [0.5, 0.6) is 11.5 Å². The number of para-hydroxylation sites is 1. The first kappa shape index (κ1) is 29.5. The molecule has 2 aliphatic rings. The summed E-state index contributed by atoms with van der Waals surface area (Å²) in [6, 6.07) is 24.1. The smallest absolute Gasteiger partial charge is 0.257 e. The van der Waals surface area contributed by atoms with Crippen LogP contribution in [0.2, 0.25) is 5.02 Å². The summed E-state index contributed by atoms with van der Waals surface area (Å²) in [4.78, 5) is 28.6. The molecular weight excluding hydrogens is 576 g/mol. The van der Waals surface area contributed by atoms with Crippen LogP contribution in [0.4, 0.5) is 17.1 Å². The van der Waals surface area contributed by atoms with E-state index in [0.29, 0.717) is 40.7 Å². The van der Waals surface area contributed by atoms with Gasteiger partial charge in [0.1, 0.15) is 11.5 Å². The number of piperidine rings is 1. The molecule has 4 aromatic rings. The van der Waals surface area contributed by atoms with Crippen LogP contribution in [0.25, 0.3) is 11.1 Å². The molecule has 4 N–H and O–H groups in total. The Labute approximate surface area is 262 Å². The van der Waals surface area contributed by atoms with Gasteiger partial charge in [-0.1, -0.05) is 48.4 Å². The number of ether oxygens (including phenoxy) is 1. The van der Waals surface area contributed by atoms with Crippen molar-refractivity contribution in [2.75, 3.05) is 37.4 Å². The number of likely N-dealkylation sites (tertiary alicyclic amines) is 1. The molecular formula is C35H35ClN4O4. The number of methoxy groups -OCH3 is 1. The number of benzene rings is 4. The van der Waals surface area contributed by atoms with E-state index in [1.54, 1.807) is 31.4 Å². The Morgan fingerprint density at radius 3 is 2.50 bits per heavy atom. The Morgan fingerprint density at radius 1 is 0.932 bits per heavy atom. The van der Waals surface area contributed by atoms with Gasteiger partial charge in [-0.05, 0) is 97.6 Å². The van der Waals surface area contributed by atoms with Crippen molar-refractivity contribution >= 4 is 40.5 Å². The van der Waals surface area contributed by atoms with Crippen molar-refractivity contribution in [2.45, 2.75) is 31.7 Å². The summed E-state index contributed by atoms with van der Waals surface area (Å²) in [7, 11) is 1.58.